The summed E-state index contributed by atoms with van der Waals surface area (Å²) in [5.41, 5.74) is -0.189. The van der Waals surface area contributed by atoms with Gasteiger partial charge in [-0.25, -0.2) is 18.1 Å². The molecule has 0 fully saturated rings. The SMILES string of the molecule is CCC(CNS(=O)(=O)c1cccnc1C#N)CC(=O)O. The minimum absolute atomic E-state index is 0.00486. The molecular weight excluding hydrogens is 282 g/mol. The molecule has 0 aliphatic rings. The van der Waals surface area contributed by atoms with Crippen LogP contribution in [0.4, 0.5) is 0 Å². The molecule has 8 heteroatoms. The van der Waals surface area contributed by atoms with Gasteiger partial charge in [0.15, 0.2) is 5.69 Å². The topological polar surface area (TPSA) is 120 Å². The van der Waals surface area contributed by atoms with Crippen molar-refractivity contribution in [1.29, 1.82) is 5.26 Å². The number of nitriles is 1. The van der Waals surface area contributed by atoms with Crippen LogP contribution in [0.25, 0.3) is 0 Å². The van der Waals surface area contributed by atoms with Gasteiger partial charge in [0, 0.05) is 19.2 Å². The van der Waals surface area contributed by atoms with E-state index in [1.807, 2.05) is 0 Å². The zero-order chi connectivity index (χ0) is 15.2. The number of carboxylic acids is 1. The van der Waals surface area contributed by atoms with E-state index in [0.717, 1.165) is 0 Å². The molecule has 0 saturated carbocycles. The molecule has 1 rings (SSSR count). The summed E-state index contributed by atoms with van der Waals surface area (Å²) in [7, 11) is -3.87. The normalized spacial score (nSPS) is 12.6. The molecular formula is C12H15N3O4S. The summed E-state index contributed by atoms with van der Waals surface area (Å²) in [6.45, 7) is 1.79. The number of nitrogens with one attached hydrogen (secondary N) is 1. The molecule has 108 valence electrons. The molecule has 1 atom stereocenters. The summed E-state index contributed by atoms with van der Waals surface area (Å²) in [6, 6.07) is 4.42. The van der Waals surface area contributed by atoms with Gasteiger partial charge < -0.3 is 5.11 Å². The highest BCUT2D eigenvalue weighted by Gasteiger charge is 2.21. The first-order valence-corrected chi connectivity index (χ1v) is 7.45. The number of pyridine rings is 1. The summed E-state index contributed by atoms with van der Waals surface area (Å²) >= 11 is 0. The third-order valence-electron chi connectivity index (χ3n) is 2.77. The number of carboxylic acid groups (broad SMARTS) is 1. The molecule has 1 aromatic heterocycles. The number of sulfonamides is 1. The largest absolute Gasteiger partial charge is 0.481 e. The second kappa shape index (κ2) is 6.98. The second-order valence-electron chi connectivity index (χ2n) is 4.19. The fourth-order valence-corrected chi connectivity index (χ4v) is 2.83. The lowest BCUT2D eigenvalue weighted by Gasteiger charge is -2.14. The molecule has 2 N–H and O–H groups in total. The Kier molecular flexibility index (Phi) is 5.61. The maximum atomic E-state index is 12.1. The molecule has 0 aliphatic heterocycles. The van der Waals surface area contributed by atoms with Gasteiger partial charge in [-0.1, -0.05) is 13.3 Å². The molecule has 0 aliphatic carbocycles. The lowest BCUT2D eigenvalue weighted by atomic mass is 10.0. The highest BCUT2D eigenvalue weighted by molar-refractivity contribution is 7.89. The quantitative estimate of drug-likeness (QED) is 0.765. The average Bonchev–Trinajstić information content (AvgIpc) is 2.43. The van der Waals surface area contributed by atoms with E-state index in [-0.39, 0.29) is 29.5 Å². The van der Waals surface area contributed by atoms with E-state index < -0.39 is 16.0 Å². The molecule has 0 amide bonds. The van der Waals surface area contributed by atoms with Crippen molar-refractivity contribution in [2.24, 2.45) is 5.92 Å². The molecule has 1 unspecified atom stereocenters. The number of rotatable bonds is 7. The Bertz CT molecular complexity index is 622. The zero-order valence-electron chi connectivity index (χ0n) is 10.9. The monoisotopic (exact) mass is 297 g/mol. The predicted octanol–water partition coefficient (Wildman–Crippen LogP) is 0.732. The van der Waals surface area contributed by atoms with Crippen molar-refractivity contribution < 1.29 is 18.3 Å². The fraction of sp³-hybridized carbons (Fsp3) is 0.417. The van der Waals surface area contributed by atoms with Gasteiger partial charge in [-0.3, -0.25) is 4.79 Å². The van der Waals surface area contributed by atoms with E-state index in [9.17, 15) is 13.2 Å². The summed E-state index contributed by atoms with van der Waals surface area (Å²) in [4.78, 5) is 14.1. The van der Waals surface area contributed by atoms with Crippen LogP contribution in [-0.4, -0.2) is 31.0 Å². The van der Waals surface area contributed by atoms with Crippen molar-refractivity contribution in [3.8, 4) is 6.07 Å². The van der Waals surface area contributed by atoms with Crippen LogP contribution in [0.2, 0.25) is 0 Å². The summed E-state index contributed by atoms with van der Waals surface area (Å²) in [6.07, 6.45) is 1.75. The van der Waals surface area contributed by atoms with Gasteiger partial charge in [-0.05, 0) is 18.1 Å². The lowest BCUT2D eigenvalue weighted by Crippen LogP contribution is -2.30. The standard InChI is InChI=1S/C12H15N3O4S/c1-2-9(6-12(16)17)8-15-20(18,19)11-4-3-5-14-10(11)7-13/h3-5,9,15H,2,6,8H2,1H3,(H,16,17). The van der Waals surface area contributed by atoms with Crippen LogP contribution in [0.3, 0.4) is 0 Å². The molecule has 0 saturated heterocycles. The smallest absolute Gasteiger partial charge is 0.303 e. The van der Waals surface area contributed by atoms with Crippen molar-refractivity contribution in [3.63, 3.8) is 0 Å². The van der Waals surface area contributed by atoms with E-state index in [1.54, 1.807) is 13.0 Å². The van der Waals surface area contributed by atoms with Gasteiger partial charge in [-0.15, -0.1) is 0 Å². The predicted molar refractivity (Wildman–Crippen MR) is 70.2 cm³/mol. The molecule has 0 radical (unpaired) electrons. The van der Waals surface area contributed by atoms with E-state index in [4.69, 9.17) is 10.4 Å². The lowest BCUT2D eigenvalue weighted by molar-refractivity contribution is -0.138. The Morgan fingerprint density at radius 3 is 2.85 bits per heavy atom. The molecule has 20 heavy (non-hydrogen) atoms. The summed E-state index contributed by atoms with van der Waals surface area (Å²) in [5.74, 6) is -1.28. The summed E-state index contributed by atoms with van der Waals surface area (Å²) < 4.78 is 26.5. The summed E-state index contributed by atoms with van der Waals surface area (Å²) in [5, 5.41) is 17.6. The fourth-order valence-electron chi connectivity index (χ4n) is 1.60. The van der Waals surface area contributed by atoms with Gasteiger partial charge in [0.1, 0.15) is 11.0 Å². The Morgan fingerprint density at radius 2 is 2.30 bits per heavy atom. The maximum absolute atomic E-state index is 12.1. The number of hydrogen-bond acceptors (Lipinski definition) is 5. The van der Waals surface area contributed by atoms with Crippen molar-refractivity contribution in [1.82, 2.24) is 9.71 Å². The third kappa shape index (κ3) is 4.29. The second-order valence-corrected chi connectivity index (χ2v) is 5.92. The van der Waals surface area contributed by atoms with E-state index in [1.165, 1.54) is 18.3 Å². The van der Waals surface area contributed by atoms with Crippen LogP contribution < -0.4 is 4.72 Å². The molecule has 1 heterocycles. The average molecular weight is 297 g/mol. The van der Waals surface area contributed by atoms with Crippen molar-refractivity contribution in [2.75, 3.05) is 6.54 Å². The third-order valence-corrected chi connectivity index (χ3v) is 4.22. The van der Waals surface area contributed by atoms with Gasteiger partial charge in [-0.2, -0.15) is 5.26 Å². The first kappa shape index (κ1) is 16.1. The molecule has 0 spiro atoms. The van der Waals surface area contributed by atoms with E-state index >= 15 is 0 Å². The molecule has 7 nitrogen and oxygen atoms in total. The zero-order valence-corrected chi connectivity index (χ0v) is 11.7. The minimum atomic E-state index is -3.87. The Balaban J connectivity index is 2.85. The van der Waals surface area contributed by atoms with Gasteiger partial charge in [0.2, 0.25) is 10.0 Å². The van der Waals surface area contributed by atoms with Crippen LogP contribution in [0.5, 0.6) is 0 Å². The van der Waals surface area contributed by atoms with Crippen LogP contribution in [0.15, 0.2) is 23.2 Å². The number of aliphatic carboxylic acids is 1. The highest BCUT2D eigenvalue weighted by atomic mass is 32.2. The van der Waals surface area contributed by atoms with Crippen LogP contribution in [0, 0.1) is 17.2 Å². The molecule has 0 aromatic carbocycles. The molecule has 1 aromatic rings. The number of aromatic nitrogens is 1. The number of nitrogens with zero attached hydrogens (tertiary/aromatic N) is 2. The van der Waals surface area contributed by atoms with Gasteiger partial charge in [0.25, 0.3) is 0 Å². The van der Waals surface area contributed by atoms with Crippen LogP contribution >= 0.6 is 0 Å². The first-order valence-electron chi connectivity index (χ1n) is 5.97. The first-order chi connectivity index (χ1) is 9.40. The van der Waals surface area contributed by atoms with Crippen molar-refractivity contribution in [2.45, 2.75) is 24.7 Å². The van der Waals surface area contributed by atoms with E-state index in [0.29, 0.717) is 6.42 Å². The Labute approximate surface area is 117 Å². The Morgan fingerprint density at radius 1 is 1.60 bits per heavy atom. The van der Waals surface area contributed by atoms with Gasteiger partial charge in [0.05, 0.1) is 0 Å². The highest BCUT2D eigenvalue weighted by Crippen LogP contribution is 2.13. The van der Waals surface area contributed by atoms with Crippen LogP contribution in [-0.2, 0) is 14.8 Å². The van der Waals surface area contributed by atoms with Crippen LogP contribution in [0.1, 0.15) is 25.5 Å². The number of carbonyl (C=O) groups is 1. The van der Waals surface area contributed by atoms with E-state index in [2.05, 4.69) is 9.71 Å². The Hall–Kier alpha value is -1.98. The van der Waals surface area contributed by atoms with Crippen molar-refractivity contribution in [3.05, 3.63) is 24.0 Å². The molecule has 0 bridgehead atoms. The van der Waals surface area contributed by atoms with Gasteiger partial charge >= 0.3 is 5.97 Å². The number of hydrogen-bond donors (Lipinski definition) is 2. The minimum Gasteiger partial charge on any atom is -0.481 e. The van der Waals surface area contributed by atoms with Crippen molar-refractivity contribution >= 4 is 16.0 Å². The maximum Gasteiger partial charge on any atom is 0.303 e.